The zero-order valence-corrected chi connectivity index (χ0v) is 22.6. The number of ether oxygens (including phenoxy) is 1. The lowest BCUT2D eigenvalue weighted by molar-refractivity contribution is -0.144. The number of carbonyl (C=O) groups is 2. The summed E-state index contributed by atoms with van der Waals surface area (Å²) in [4.78, 5) is 29.4. The van der Waals surface area contributed by atoms with Crippen LogP contribution in [0, 0.1) is 25.6 Å². The lowest BCUT2D eigenvalue weighted by Gasteiger charge is -2.34. The first kappa shape index (κ1) is 26.2. The molecule has 2 heterocycles. The van der Waals surface area contributed by atoms with Crippen LogP contribution in [0.3, 0.4) is 0 Å². The molecular formula is C30H37FN4O3. The van der Waals surface area contributed by atoms with E-state index in [0.29, 0.717) is 50.8 Å². The Morgan fingerprint density at radius 3 is 2.42 bits per heavy atom. The van der Waals surface area contributed by atoms with Crippen molar-refractivity contribution in [1.82, 2.24) is 14.4 Å². The summed E-state index contributed by atoms with van der Waals surface area (Å²) in [6.07, 6.45) is 2.52. The van der Waals surface area contributed by atoms with Crippen molar-refractivity contribution in [2.75, 3.05) is 44.6 Å². The molecule has 1 saturated heterocycles. The molecule has 38 heavy (non-hydrogen) atoms. The molecular weight excluding hydrogens is 483 g/mol. The molecule has 0 spiro atoms. The normalized spacial score (nSPS) is 16.2. The molecule has 3 aromatic rings. The zero-order chi connectivity index (χ0) is 26.8. The molecule has 0 unspecified atom stereocenters. The van der Waals surface area contributed by atoms with Gasteiger partial charge in [-0.15, -0.1) is 0 Å². The van der Waals surface area contributed by atoms with Gasteiger partial charge in [0.2, 0.25) is 0 Å². The maximum atomic E-state index is 13.7. The maximum Gasteiger partial charge on any atom is 0.320 e. The van der Waals surface area contributed by atoms with E-state index in [2.05, 4.69) is 23.7 Å². The van der Waals surface area contributed by atoms with Crippen LogP contribution in [0.5, 0.6) is 0 Å². The first-order chi connectivity index (χ1) is 18.3. The number of piperazine rings is 1. The first-order valence-corrected chi connectivity index (χ1v) is 13.6. The Bertz CT molecular complexity index is 1320. The van der Waals surface area contributed by atoms with Gasteiger partial charge in [-0.2, -0.15) is 0 Å². The quantitative estimate of drug-likeness (QED) is 0.413. The summed E-state index contributed by atoms with van der Waals surface area (Å²) in [5, 5.41) is 4.66. The molecule has 2 aliphatic rings. The number of hydrogen-bond donors (Lipinski definition) is 1. The molecule has 8 heteroatoms. The van der Waals surface area contributed by atoms with Gasteiger partial charge in [0.05, 0.1) is 24.4 Å². The van der Waals surface area contributed by atoms with Crippen LogP contribution in [0.15, 0.2) is 36.4 Å². The molecule has 0 bridgehead atoms. The Kier molecular flexibility index (Phi) is 7.70. The molecule has 5 rings (SSSR count). The van der Waals surface area contributed by atoms with Crippen molar-refractivity contribution in [3.05, 3.63) is 64.6 Å². The van der Waals surface area contributed by atoms with Crippen LogP contribution in [0.2, 0.25) is 0 Å². The molecule has 1 amide bonds. The third-order valence-corrected chi connectivity index (χ3v) is 7.83. The van der Waals surface area contributed by atoms with E-state index in [0.717, 1.165) is 28.7 Å². The van der Waals surface area contributed by atoms with Gasteiger partial charge in [0.1, 0.15) is 5.82 Å². The Balaban J connectivity index is 1.41. The molecule has 1 aliphatic heterocycles. The number of esters is 1. The van der Waals surface area contributed by atoms with Gasteiger partial charge in [-0.25, -0.2) is 4.39 Å². The Labute approximate surface area is 223 Å². The van der Waals surface area contributed by atoms with Crippen LogP contribution in [-0.4, -0.2) is 65.6 Å². The van der Waals surface area contributed by atoms with Crippen molar-refractivity contribution in [2.24, 2.45) is 5.92 Å². The number of halogens is 1. The van der Waals surface area contributed by atoms with E-state index >= 15 is 0 Å². The van der Waals surface area contributed by atoms with Crippen molar-refractivity contribution in [1.29, 1.82) is 0 Å². The molecule has 202 valence electrons. The van der Waals surface area contributed by atoms with Gasteiger partial charge in [-0.05, 0) is 74.9 Å². The van der Waals surface area contributed by atoms with Gasteiger partial charge in [0.15, 0.2) is 0 Å². The van der Waals surface area contributed by atoms with Crippen LogP contribution >= 0.6 is 0 Å². The van der Waals surface area contributed by atoms with Crippen LogP contribution < -0.4 is 5.32 Å². The summed E-state index contributed by atoms with van der Waals surface area (Å²) in [6.45, 7) is 10.6. The lowest BCUT2D eigenvalue weighted by atomic mass is 10.1. The van der Waals surface area contributed by atoms with Gasteiger partial charge in [-0.3, -0.25) is 14.5 Å². The highest BCUT2D eigenvalue weighted by Gasteiger charge is 2.28. The summed E-state index contributed by atoms with van der Waals surface area (Å²) in [5.74, 6) is 0.229. The molecule has 1 N–H and O–H groups in total. The van der Waals surface area contributed by atoms with E-state index in [1.807, 2.05) is 21.9 Å². The minimum absolute atomic E-state index is 0.000451. The Morgan fingerprint density at radius 1 is 1.05 bits per heavy atom. The highest BCUT2D eigenvalue weighted by Crippen LogP contribution is 2.38. The maximum absolute atomic E-state index is 13.7. The third kappa shape index (κ3) is 5.70. The number of amides is 1. The zero-order valence-electron chi connectivity index (χ0n) is 22.6. The highest BCUT2D eigenvalue weighted by atomic mass is 19.1. The minimum Gasteiger partial charge on any atom is -0.465 e. The number of nitrogens with zero attached hydrogens (tertiary/aromatic N) is 3. The smallest absolute Gasteiger partial charge is 0.320 e. The number of rotatable bonds is 9. The average molecular weight is 521 g/mol. The number of carbonyl (C=O) groups excluding carboxylic acids is 2. The number of anilines is 1. The third-order valence-electron chi connectivity index (χ3n) is 7.83. The second kappa shape index (κ2) is 11.2. The molecule has 1 aliphatic carbocycles. The highest BCUT2D eigenvalue weighted by molar-refractivity contribution is 6.04. The van der Waals surface area contributed by atoms with Crippen LogP contribution in [0.4, 0.5) is 10.1 Å². The van der Waals surface area contributed by atoms with E-state index in [-0.39, 0.29) is 24.2 Å². The van der Waals surface area contributed by atoms with E-state index < -0.39 is 0 Å². The summed E-state index contributed by atoms with van der Waals surface area (Å²) in [6, 6.07) is 10.5. The summed E-state index contributed by atoms with van der Waals surface area (Å²) in [5.41, 5.74) is 6.11. The summed E-state index contributed by atoms with van der Waals surface area (Å²) < 4.78 is 20.9. The minimum atomic E-state index is -0.254. The number of nitrogens with one attached hydrogen (secondary N) is 1. The number of aryl methyl sites for hydroxylation is 1. The fourth-order valence-corrected chi connectivity index (χ4v) is 5.30. The van der Waals surface area contributed by atoms with Gasteiger partial charge in [0.25, 0.3) is 5.91 Å². The molecule has 2 fully saturated rings. The topological polar surface area (TPSA) is 66.8 Å². The molecule has 1 saturated carbocycles. The number of benzene rings is 2. The number of fused-ring (bicyclic) bond motifs is 1. The molecule has 0 atom stereocenters. The second-order valence-electron chi connectivity index (χ2n) is 10.5. The van der Waals surface area contributed by atoms with Crippen molar-refractivity contribution >= 4 is 28.5 Å². The fraction of sp³-hybridized carbons (Fsp3) is 0.467. The van der Waals surface area contributed by atoms with E-state index in [1.54, 1.807) is 19.1 Å². The average Bonchev–Trinajstić information content (AvgIpc) is 3.71. The fourth-order valence-electron chi connectivity index (χ4n) is 5.30. The van der Waals surface area contributed by atoms with Gasteiger partial charge >= 0.3 is 5.97 Å². The van der Waals surface area contributed by atoms with Gasteiger partial charge < -0.3 is 19.5 Å². The molecule has 0 radical (unpaired) electrons. The SMILES string of the molecule is CCOC(=O)CN1CCN(C(=O)c2cc(NCc3ccc(F)cc3)c3c(c2)c(C)c(C)n3CC2CC2)CC1. The van der Waals surface area contributed by atoms with Crippen molar-refractivity contribution in [2.45, 2.75) is 46.7 Å². The molecule has 7 nitrogen and oxygen atoms in total. The summed E-state index contributed by atoms with van der Waals surface area (Å²) in [7, 11) is 0. The van der Waals surface area contributed by atoms with Crippen molar-refractivity contribution in [3.8, 4) is 0 Å². The predicted octanol–water partition coefficient (Wildman–Crippen LogP) is 4.74. The lowest BCUT2D eigenvalue weighted by Crippen LogP contribution is -2.50. The largest absolute Gasteiger partial charge is 0.465 e. The molecule has 1 aromatic heterocycles. The van der Waals surface area contributed by atoms with E-state index in [9.17, 15) is 14.0 Å². The Morgan fingerprint density at radius 2 is 1.76 bits per heavy atom. The standard InChI is InChI=1S/C30H37FN4O3/c1-4-38-28(36)19-33-11-13-34(14-12-33)30(37)24-15-26-20(2)21(3)35(18-23-5-6-23)29(26)27(16-24)32-17-22-7-9-25(31)10-8-22/h7-10,15-16,23,32H,4-6,11-14,17-19H2,1-3H3. The predicted molar refractivity (Wildman–Crippen MR) is 147 cm³/mol. The number of aromatic nitrogens is 1. The molecule has 2 aromatic carbocycles. The van der Waals surface area contributed by atoms with Crippen LogP contribution in [0.25, 0.3) is 10.9 Å². The Hall–Kier alpha value is -3.39. The first-order valence-electron chi connectivity index (χ1n) is 13.6. The second-order valence-corrected chi connectivity index (χ2v) is 10.5. The van der Waals surface area contributed by atoms with E-state index in [4.69, 9.17) is 4.74 Å². The van der Waals surface area contributed by atoms with Gasteiger partial charge in [-0.1, -0.05) is 12.1 Å². The summed E-state index contributed by atoms with van der Waals surface area (Å²) >= 11 is 0. The van der Waals surface area contributed by atoms with Crippen LogP contribution in [0.1, 0.15) is 46.9 Å². The number of hydrogen-bond acceptors (Lipinski definition) is 5. The van der Waals surface area contributed by atoms with Gasteiger partial charge in [0, 0.05) is 55.9 Å². The monoisotopic (exact) mass is 520 g/mol. The van der Waals surface area contributed by atoms with Crippen LogP contribution in [-0.2, 0) is 22.6 Å². The van der Waals surface area contributed by atoms with Crippen molar-refractivity contribution in [3.63, 3.8) is 0 Å². The van der Waals surface area contributed by atoms with E-state index in [1.165, 1.54) is 36.2 Å². The van der Waals surface area contributed by atoms with Crippen molar-refractivity contribution < 1.29 is 18.7 Å².